The Bertz CT molecular complexity index is 282. The fourth-order valence-electron chi connectivity index (χ4n) is 1.33. The average Bonchev–Trinajstić information content (AvgIpc) is 2.30. The lowest BCUT2D eigenvalue weighted by atomic mass is 9.97. The Hall–Kier alpha value is -1.18. The molecule has 0 saturated heterocycles. The first-order valence-electron chi connectivity index (χ1n) is 5.56. The SMILES string of the molecule is CC.CCC(C)c1cc(O)ccc1OC. The predicted molar refractivity (Wildman–Crippen MR) is 64.7 cm³/mol. The number of rotatable bonds is 3. The second-order valence-electron chi connectivity index (χ2n) is 3.24. The Balaban J connectivity index is 0.000000921. The summed E-state index contributed by atoms with van der Waals surface area (Å²) >= 11 is 0. The molecule has 1 atom stereocenters. The summed E-state index contributed by atoms with van der Waals surface area (Å²) in [4.78, 5) is 0. The molecule has 0 bridgehead atoms. The molecule has 1 aromatic rings. The molecule has 0 aliphatic heterocycles. The van der Waals surface area contributed by atoms with E-state index in [1.54, 1.807) is 25.3 Å². The average molecular weight is 210 g/mol. The van der Waals surface area contributed by atoms with Crippen molar-refractivity contribution in [1.29, 1.82) is 0 Å². The van der Waals surface area contributed by atoms with Gasteiger partial charge in [0.2, 0.25) is 0 Å². The third-order valence-electron chi connectivity index (χ3n) is 2.36. The Morgan fingerprint density at radius 2 is 1.93 bits per heavy atom. The highest BCUT2D eigenvalue weighted by Crippen LogP contribution is 2.31. The number of phenolic OH excluding ortho intramolecular Hbond substituents is 1. The number of hydrogen-bond acceptors (Lipinski definition) is 2. The van der Waals surface area contributed by atoms with Crippen LogP contribution in [-0.2, 0) is 0 Å². The molecule has 0 amide bonds. The van der Waals surface area contributed by atoms with Crippen LogP contribution in [0.25, 0.3) is 0 Å². The van der Waals surface area contributed by atoms with E-state index in [9.17, 15) is 5.11 Å². The van der Waals surface area contributed by atoms with Gasteiger partial charge in [0.15, 0.2) is 0 Å². The van der Waals surface area contributed by atoms with Gasteiger partial charge in [-0.15, -0.1) is 0 Å². The van der Waals surface area contributed by atoms with Crippen LogP contribution >= 0.6 is 0 Å². The van der Waals surface area contributed by atoms with Crippen molar-refractivity contribution in [2.75, 3.05) is 7.11 Å². The minimum atomic E-state index is 0.302. The van der Waals surface area contributed by atoms with Crippen LogP contribution in [0.5, 0.6) is 11.5 Å². The van der Waals surface area contributed by atoms with E-state index >= 15 is 0 Å². The molecule has 0 saturated carbocycles. The summed E-state index contributed by atoms with van der Waals surface area (Å²) in [5.41, 5.74) is 1.07. The molecule has 0 aliphatic rings. The van der Waals surface area contributed by atoms with Crippen LogP contribution in [-0.4, -0.2) is 12.2 Å². The summed E-state index contributed by atoms with van der Waals surface area (Å²) in [6.45, 7) is 8.24. The number of benzene rings is 1. The first-order chi connectivity index (χ1) is 7.19. The summed E-state index contributed by atoms with van der Waals surface area (Å²) in [7, 11) is 1.65. The fraction of sp³-hybridized carbons (Fsp3) is 0.538. The van der Waals surface area contributed by atoms with Crippen molar-refractivity contribution in [3.05, 3.63) is 23.8 Å². The maximum Gasteiger partial charge on any atom is 0.122 e. The van der Waals surface area contributed by atoms with Gasteiger partial charge in [0, 0.05) is 5.56 Å². The monoisotopic (exact) mass is 210 g/mol. The Kier molecular flexibility index (Phi) is 6.59. The lowest BCUT2D eigenvalue weighted by molar-refractivity contribution is 0.403. The lowest BCUT2D eigenvalue weighted by Crippen LogP contribution is -1.95. The fourth-order valence-corrected chi connectivity index (χ4v) is 1.33. The zero-order chi connectivity index (χ0) is 11.8. The molecule has 86 valence electrons. The van der Waals surface area contributed by atoms with Gasteiger partial charge >= 0.3 is 0 Å². The standard InChI is InChI=1S/C11H16O2.C2H6/c1-4-8(2)10-7-9(12)5-6-11(10)13-3;1-2/h5-8,12H,4H2,1-3H3;1-2H3. The van der Waals surface area contributed by atoms with E-state index in [-0.39, 0.29) is 0 Å². The largest absolute Gasteiger partial charge is 0.508 e. The zero-order valence-corrected chi connectivity index (χ0v) is 10.4. The van der Waals surface area contributed by atoms with Gasteiger partial charge in [-0.2, -0.15) is 0 Å². The summed E-state index contributed by atoms with van der Waals surface area (Å²) in [6, 6.07) is 5.22. The van der Waals surface area contributed by atoms with Crippen LogP contribution in [0.4, 0.5) is 0 Å². The van der Waals surface area contributed by atoms with Crippen LogP contribution in [0.2, 0.25) is 0 Å². The van der Waals surface area contributed by atoms with E-state index in [0.29, 0.717) is 11.7 Å². The minimum absolute atomic E-state index is 0.302. The second kappa shape index (κ2) is 7.16. The molecular weight excluding hydrogens is 188 g/mol. The van der Waals surface area contributed by atoms with Crippen molar-refractivity contribution < 1.29 is 9.84 Å². The van der Waals surface area contributed by atoms with Crippen molar-refractivity contribution in [2.24, 2.45) is 0 Å². The second-order valence-corrected chi connectivity index (χ2v) is 3.24. The van der Waals surface area contributed by atoms with Gasteiger partial charge in [0.25, 0.3) is 0 Å². The van der Waals surface area contributed by atoms with Crippen LogP contribution in [0.3, 0.4) is 0 Å². The highest BCUT2D eigenvalue weighted by atomic mass is 16.5. The van der Waals surface area contributed by atoms with Gasteiger partial charge in [-0.25, -0.2) is 0 Å². The molecular formula is C13H22O2. The molecule has 1 rings (SSSR count). The topological polar surface area (TPSA) is 29.5 Å². The first kappa shape index (κ1) is 13.8. The molecule has 0 radical (unpaired) electrons. The predicted octanol–water partition coefficient (Wildman–Crippen LogP) is 3.94. The van der Waals surface area contributed by atoms with Gasteiger partial charge in [-0.3, -0.25) is 0 Å². The molecule has 0 aliphatic carbocycles. The quantitative estimate of drug-likeness (QED) is 0.818. The minimum Gasteiger partial charge on any atom is -0.508 e. The number of aromatic hydroxyl groups is 1. The van der Waals surface area contributed by atoms with Crippen LogP contribution in [0.1, 0.15) is 45.6 Å². The highest BCUT2D eigenvalue weighted by Gasteiger charge is 2.09. The lowest BCUT2D eigenvalue weighted by Gasteiger charge is -2.13. The van der Waals surface area contributed by atoms with Crippen LogP contribution in [0, 0.1) is 0 Å². The zero-order valence-electron chi connectivity index (χ0n) is 10.4. The van der Waals surface area contributed by atoms with E-state index in [1.165, 1.54) is 0 Å². The van der Waals surface area contributed by atoms with Crippen molar-refractivity contribution in [2.45, 2.75) is 40.0 Å². The van der Waals surface area contributed by atoms with E-state index < -0.39 is 0 Å². The molecule has 0 aromatic heterocycles. The Morgan fingerprint density at radius 3 is 2.40 bits per heavy atom. The van der Waals surface area contributed by atoms with Gasteiger partial charge in [0.05, 0.1) is 7.11 Å². The van der Waals surface area contributed by atoms with E-state index in [2.05, 4.69) is 13.8 Å². The molecule has 1 aromatic carbocycles. The van der Waals surface area contributed by atoms with Crippen LogP contribution in [0.15, 0.2) is 18.2 Å². The van der Waals surface area contributed by atoms with Crippen molar-refractivity contribution >= 4 is 0 Å². The summed E-state index contributed by atoms with van der Waals surface area (Å²) in [5, 5.41) is 9.32. The molecule has 1 N–H and O–H groups in total. The van der Waals surface area contributed by atoms with Crippen molar-refractivity contribution in [3.8, 4) is 11.5 Å². The molecule has 0 spiro atoms. The number of phenols is 1. The smallest absolute Gasteiger partial charge is 0.122 e. The third kappa shape index (κ3) is 3.82. The summed E-state index contributed by atoms with van der Waals surface area (Å²) in [5.74, 6) is 1.57. The number of hydrogen-bond donors (Lipinski definition) is 1. The maximum absolute atomic E-state index is 9.32. The summed E-state index contributed by atoms with van der Waals surface area (Å²) in [6.07, 6.45) is 1.04. The Labute approximate surface area is 92.9 Å². The first-order valence-corrected chi connectivity index (χ1v) is 5.56. The highest BCUT2D eigenvalue weighted by molar-refractivity contribution is 5.41. The third-order valence-corrected chi connectivity index (χ3v) is 2.36. The molecule has 0 fully saturated rings. The number of ether oxygens (including phenoxy) is 1. The van der Waals surface area contributed by atoms with Gasteiger partial charge in [-0.1, -0.05) is 27.7 Å². The van der Waals surface area contributed by atoms with E-state index in [0.717, 1.165) is 17.7 Å². The van der Waals surface area contributed by atoms with Gasteiger partial charge in [0.1, 0.15) is 11.5 Å². The molecule has 2 nitrogen and oxygen atoms in total. The molecule has 0 heterocycles. The van der Waals surface area contributed by atoms with Gasteiger partial charge in [-0.05, 0) is 30.5 Å². The molecule has 2 heteroatoms. The van der Waals surface area contributed by atoms with E-state index in [1.807, 2.05) is 13.8 Å². The van der Waals surface area contributed by atoms with Crippen LogP contribution < -0.4 is 4.74 Å². The Morgan fingerprint density at radius 1 is 1.33 bits per heavy atom. The summed E-state index contributed by atoms with van der Waals surface area (Å²) < 4.78 is 5.21. The normalized spacial score (nSPS) is 11.3. The van der Waals surface area contributed by atoms with Crippen molar-refractivity contribution in [3.63, 3.8) is 0 Å². The van der Waals surface area contributed by atoms with Gasteiger partial charge < -0.3 is 9.84 Å². The van der Waals surface area contributed by atoms with E-state index in [4.69, 9.17) is 4.74 Å². The molecule has 1 unspecified atom stereocenters. The molecule has 15 heavy (non-hydrogen) atoms. The maximum atomic E-state index is 9.32. The van der Waals surface area contributed by atoms with Crippen molar-refractivity contribution in [1.82, 2.24) is 0 Å². The number of methoxy groups -OCH3 is 1.